The number of sulfonamides is 1. The van der Waals surface area contributed by atoms with Crippen molar-refractivity contribution >= 4 is 22.4 Å². The molecule has 7 heteroatoms. The van der Waals surface area contributed by atoms with Crippen molar-refractivity contribution in [2.45, 2.75) is 31.1 Å². The van der Waals surface area contributed by atoms with E-state index in [1.54, 1.807) is 4.31 Å². The fourth-order valence-corrected chi connectivity index (χ4v) is 4.05. The number of hydrogen-bond acceptors (Lipinski definition) is 4. The predicted molar refractivity (Wildman–Crippen MR) is 90.5 cm³/mol. The summed E-state index contributed by atoms with van der Waals surface area (Å²) in [5.74, 6) is 0.0759. The molecule has 1 fully saturated rings. The van der Waals surface area contributed by atoms with E-state index >= 15 is 0 Å². The van der Waals surface area contributed by atoms with Gasteiger partial charge in [-0.3, -0.25) is 0 Å². The van der Waals surface area contributed by atoms with Crippen molar-refractivity contribution in [2.24, 2.45) is 5.73 Å². The van der Waals surface area contributed by atoms with E-state index in [4.69, 9.17) is 10.5 Å². The quantitative estimate of drug-likeness (QED) is 0.762. The van der Waals surface area contributed by atoms with Crippen molar-refractivity contribution in [3.05, 3.63) is 35.9 Å². The maximum atomic E-state index is 12.4. The second-order valence-electron chi connectivity index (χ2n) is 5.35. The topological polar surface area (TPSA) is 72.6 Å². The van der Waals surface area contributed by atoms with Gasteiger partial charge in [-0.25, -0.2) is 12.7 Å². The lowest BCUT2D eigenvalue weighted by molar-refractivity contribution is 0.0208. The van der Waals surface area contributed by atoms with Crippen LogP contribution in [0.5, 0.6) is 0 Å². The molecule has 0 spiro atoms. The van der Waals surface area contributed by atoms with Gasteiger partial charge in [0.05, 0.1) is 11.9 Å². The molecule has 0 saturated carbocycles. The van der Waals surface area contributed by atoms with Crippen LogP contribution in [0.4, 0.5) is 0 Å². The first-order valence-electron chi connectivity index (χ1n) is 7.45. The second-order valence-corrected chi connectivity index (χ2v) is 7.32. The molecular weight excluding hydrogens is 324 g/mol. The Morgan fingerprint density at radius 2 is 1.82 bits per heavy atom. The van der Waals surface area contributed by atoms with Gasteiger partial charge in [-0.2, -0.15) is 0 Å². The summed E-state index contributed by atoms with van der Waals surface area (Å²) in [6.07, 6.45) is 2.55. The SMILES string of the molecule is Cl.NCCCOC1CCN(S(=O)(=O)Cc2ccccc2)CC1. The molecule has 1 aromatic carbocycles. The summed E-state index contributed by atoms with van der Waals surface area (Å²) in [5, 5.41) is 0. The summed E-state index contributed by atoms with van der Waals surface area (Å²) in [4.78, 5) is 0. The number of halogens is 1. The fourth-order valence-electron chi connectivity index (χ4n) is 2.49. The summed E-state index contributed by atoms with van der Waals surface area (Å²) in [6, 6.07) is 9.31. The molecule has 1 aliphatic rings. The molecule has 2 rings (SSSR count). The molecule has 0 amide bonds. The maximum absolute atomic E-state index is 12.4. The minimum atomic E-state index is -3.23. The third-order valence-corrected chi connectivity index (χ3v) is 5.54. The lowest BCUT2D eigenvalue weighted by atomic mass is 10.1. The van der Waals surface area contributed by atoms with Gasteiger partial charge in [0.15, 0.2) is 0 Å². The average Bonchev–Trinajstić information content (AvgIpc) is 2.49. The number of piperidine rings is 1. The Labute approximate surface area is 139 Å². The van der Waals surface area contributed by atoms with E-state index in [1.807, 2.05) is 30.3 Å². The molecule has 126 valence electrons. The Hall–Kier alpha value is -0.660. The summed E-state index contributed by atoms with van der Waals surface area (Å²) in [6.45, 7) is 2.38. The van der Waals surface area contributed by atoms with Crippen molar-refractivity contribution in [2.75, 3.05) is 26.2 Å². The van der Waals surface area contributed by atoms with Crippen molar-refractivity contribution in [1.82, 2.24) is 4.31 Å². The summed E-state index contributed by atoms with van der Waals surface area (Å²) in [7, 11) is -3.23. The van der Waals surface area contributed by atoms with Gasteiger partial charge in [-0.1, -0.05) is 30.3 Å². The molecule has 0 aromatic heterocycles. The van der Waals surface area contributed by atoms with Crippen LogP contribution in [-0.4, -0.2) is 45.1 Å². The van der Waals surface area contributed by atoms with Crippen LogP contribution >= 0.6 is 12.4 Å². The number of benzene rings is 1. The Bertz CT molecular complexity index is 517. The lowest BCUT2D eigenvalue weighted by Gasteiger charge is -2.31. The molecular formula is C15H25ClN2O3S. The minimum absolute atomic E-state index is 0. The zero-order chi connectivity index (χ0) is 15.1. The van der Waals surface area contributed by atoms with Gasteiger partial charge in [0, 0.05) is 19.7 Å². The van der Waals surface area contributed by atoms with E-state index in [0.29, 0.717) is 26.2 Å². The number of nitrogens with two attached hydrogens (primary N) is 1. The third kappa shape index (κ3) is 5.85. The molecule has 22 heavy (non-hydrogen) atoms. The van der Waals surface area contributed by atoms with Crippen molar-refractivity contribution < 1.29 is 13.2 Å². The molecule has 0 radical (unpaired) electrons. The molecule has 0 aliphatic carbocycles. The average molecular weight is 349 g/mol. The lowest BCUT2D eigenvalue weighted by Crippen LogP contribution is -2.41. The van der Waals surface area contributed by atoms with Gasteiger partial charge in [-0.15, -0.1) is 12.4 Å². The van der Waals surface area contributed by atoms with E-state index in [0.717, 1.165) is 24.8 Å². The van der Waals surface area contributed by atoms with Crippen LogP contribution < -0.4 is 5.73 Å². The van der Waals surface area contributed by atoms with Crippen LogP contribution in [0, 0.1) is 0 Å². The monoisotopic (exact) mass is 348 g/mol. The predicted octanol–water partition coefficient (Wildman–Crippen LogP) is 1.77. The normalized spacial score (nSPS) is 17.1. The van der Waals surface area contributed by atoms with E-state index in [1.165, 1.54) is 0 Å². The van der Waals surface area contributed by atoms with Crippen molar-refractivity contribution in [3.8, 4) is 0 Å². The van der Waals surface area contributed by atoms with Crippen LogP contribution in [0.1, 0.15) is 24.8 Å². The second kappa shape index (κ2) is 9.47. The summed E-state index contributed by atoms with van der Waals surface area (Å²) >= 11 is 0. The zero-order valence-electron chi connectivity index (χ0n) is 12.7. The van der Waals surface area contributed by atoms with E-state index in [-0.39, 0.29) is 24.3 Å². The van der Waals surface area contributed by atoms with Gasteiger partial charge in [0.2, 0.25) is 10.0 Å². The first-order valence-corrected chi connectivity index (χ1v) is 9.06. The molecule has 0 atom stereocenters. The molecule has 5 nitrogen and oxygen atoms in total. The molecule has 1 heterocycles. The molecule has 1 saturated heterocycles. The highest BCUT2D eigenvalue weighted by atomic mass is 35.5. The van der Waals surface area contributed by atoms with E-state index < -0.39 is 10.0 Å². The summed E-state index contributed by atoms with van der Waals surface area (Å²) < 4.78 is 32.1. The number of ether oxygens (including phenoxy) is 1. The molecule has 1 aromatic rings. The highest BCUT2D eigenvalue weighted by molar-refractivity contribution is 7.88. The third-order valence-electron chi connectivity index (χ3n) is 3.69. The molecule has 1 aliphatic heterocycles. The number of hydrogen-bond donors (Lipinski definition) is 1. The summed E-state index contributed by atoms with van der Waals surface area (Å²) in [5.41, 5.74) is 6.26. The van der Waals surface area contributed by atoms with Gasteiger partial charge < -0.3 is 10.5 Å². The standard InChI is InChI=1S/C15H24N2O3S.ClH/c16-9-4-12-20-15-7-10-17(11-8-15)21(18,19)13-14-5-2-1-3-6-14;/h1-3,5-6,15H,4,7-13,16H2;1H. The Balaban J connectivity index is 0.00000242. The van der Waals surface area contributed by atoms with Gasteiger partial charge in [0.25, 0.3) is 0 Å². The first-order chi connectivity index (χ1) is 10.1. The van der Waals surface area contributed by atoms with Crippen LogP contribution in [0.25, 0.3) is 0 Å². The van der Waals surface area contributed by atoms with Gasteiger partial charge >= 0.3 is 0 Å². The molecule has 2 N–H and O–H groups in total. The largest absolute Gasteiger partial charge is 0.378 e. The Kier molecular flexibility index (Phi) is 8.35. The Morgan fingerprint density at radius 3 is 2.41 bits per heavy atom. The maximum Gasteiger partial charge on any atom is 0.218 e. The molecule has 0 bridgehead atoms. The smallest absolute Gasteiger partial charge is 0.218 e. The highest BCUT2D eigenvalue weighted by Gasteiger charge is 2.28. The van der Waals surface area contributed by atoms with E-state index in [9.17, 15) is 8.42 Å². The first kappa shape index (κ1) is 19.4. The fraction of sp³-hybridized carbons (Fsp3) is 0.600. The van der Waals surface area contributed by atoms with Crippen LogP contribution in [0.15, 0.2) is 30.3 Å². The van der Waals surface area contributed by atoms with Crippen molar-refractivity contribution in [3.63, 3.8) is 0 Å². The number of nitrogens with zero attached hydrogens (tertiary/aromatic N) is 1. The number of rotatable bonds is 7. The van der Waals surface area contributed by atoms with Crippen molar-refractivity contribution in [1.29, 1.82) is 0 Å². The minimum Gasteiger partial charge on any atom is -0.378 e. The van der Waals surface area contributed by atoms with Crippen LogP contribution in [0.3, 0.4) is 0 Å². The van der Waals surface area contributed by atoms with Crippen LogP contribution in [0.2, 0.25) is 0 Å². The van der Waals surface area contributed by atoms with Gasteiger partial charge in [-0.05, 0) is 31.4 Å². The van der Waals surface area contributed by atoms with Gasteiger partial charge in [0.1, 0.15) is 0 Å². The Morgan fingerprint density at radius 1 is 1.18 bits per heavy atom. The zero-order valence-corrected chi connectivity index (χ0v) is 14.3. The molecule has 0 unspecified atom stereocenters. The van der Waals surface area contributed by atoms with Crippen LogP contribution in [-0.2, 0) is 20.5 Å². The van der Waals surface area contributed by atoms with E-state index in [2.05, 4.69) is 0 Å². The highest BCUT2D eigenvalue weighted by Crippen LogP contribution is 2.19.